The normalized spacial score (nSPS) is 16.2. The number of aromatic nitrogens is 1. The van der Waals surface area contributed by atoms with Gasteiger partial charge >= 0.3 is 5.97 Å². The van der Waals surface area contributed by atoms with E-state index in [1.165, 1.54) is 18.4 Å². The average molecular weight is 473 g/mol. The Kier molecular flexibility index (Phi) is 5.88. The first kappa shape index (κ1) is 21.6. The minimum absolute atomic E-state index is 0.255. The van der Waals surface area contributed by atoms with Crippen LogP contribution in [0.3, 0.4) is 0 Å². The van der Waals surface area contributed by atoms with Crippen molar-refractivity contribution in [3.8, 4) is 0 Å². The number of nitrogens with zero attached hydrogens (tertiary/aromatic N) is 2. The lowest BCUT2D eigenvalue weighted by atomic mass is 9.95. The van der Waals surface area contributed by atoms with Crippen molar-refractivity contribution in [3.05, 3.63) is 100 Å². The van der Waals surface area contributed by atoms with Gasteiger partial charge in [-0.1, -0.05) is 70.4 Å². The topological polar surface area (TPSA) is 60.7 Å². The number of hydrogen-bond acceptors (Lipinski definition) is 5. The Morgan fingerprint density at radius 3 is 2.52 bits per heavy atom. The lowest BCUT2D eigenvalue weighted by molar-refractivity contribution is -0.136. The number of hydrogen-bond donors (Lipinski definition) is 0. The van der Waals surface area contributed by atoms with Gasteiger partial charge in [-0.05, 0) is 43.2 Å². The molecule has 1 aliphatic rings. The Labute approximate surface area is 192 Å². The summed E-state index contributed by atoms with van der Waals surface area (Å²) in [6, 6.07) is 12.2. The molecule has 0 radical (unpaired) electrons. The molecule has 0 aliphatic carbocycles. The van der Waals surface area contributed by atoms with Gasteiger partial charge in [0.15, 0.2) is 4.80 Å². The summed E-state index contributed by atoms with van der Waals surface area (Å²) in [6.45, 7) is 3.73. The van der Waals surface area contributed by atoms with E-state index in [2.05, 4.69) is 4.99 Å². The minimum Gasteiger partial charge on any atom is -0.466 e. The van der Waals surface area contributed by atoms with E-state index >= 15 is 0 Å². The molecule has 2 aromatic carbocycles. The molecule has 1 aromatic heterocycles. The molecule has 0 spiro atoms. The third-order valence-electron chi connectivity index (χ3n) is 5.07. The summed E-state index contributed by atoms with van der Waals surface area (Å²) in [5, 5.41) is 0.959. The first-order valence-electron chi connectivity index (χ1n) is 9.42. The summed E-state index contributed by atoms with van der Waals surface area (Å²) in [6.07, 6.45) is 1.71. The monoisotopic (exact) mass is 472 g/mol. The molecule has 8 heteroatoms. The second-order valence-corrected chi connectivity index (χ2v) is 9.00. The second-order valence-electron chi connectivity index (χ2n) is 7.15. The minimum atomic E-state index is -0.632. The number of allylic oxidation sites excluding steroid dienone is 1. The van der Waals surface area contributed by atoms with Crippen LogP contribution in [0.1, 0.15) is 29.7 Å². The van der Waals surface area contributed by atoms with Crippen LogP contribution in [0, 0.1) is 6.92 Å². The van der Waals surface area contributed by atoms with Gasteiger partial charge in [0.1, 0.15) is 0 Å². The SMILES string of the molecule is COC(=O)C1=C(C)N=c2sc(=Cc3ccc(Cl)cc3Cl)c(=O)n2C1c1ccc(C)cc1. The molecule has 0 saturated heterocycles. The number of methoxy groups -OCH3 is 1. The summed E-state index contributed by atoms with van der Waals surface area (Å²) in [5.74, 6) is -0.512. The van der Waals surface area contributed by atoms with Crippen LogP contribution in [0.2, 0.25) is 10.0 Å². The molecule has 4 rings (SSSR count). The number of aryl methyl sites for hydroxylation is 1. The lowest BCUT2D eigenvalue weighted by Gasteiger charge is -2.24. The number of carbonyl (C=O) groups is 1. The number of halogens is 2. The van der Waals surface area contributed by atoms with Crippen molar-refractivity contribution in [1.82, 2.24) is 4.57 Å². The highest BCUT2D eigenvalue weighted by molar-refractivity contribution is 7.07. The molecule has 1 aliphatic heterocycles. The van der Waals surface area contributed by atoms with E-state index in [0.717, 1.165) is 11.1 Å². The molecule has 0 N–H and O–H groups in total. The molecule has 0 fully saturated rings. The summed E-state index contributed by atoms with van der Waals surface area (Å²) in [5.41, 5.74) is 3.16. The van der Waals surface area contributed by atoms with E-state index in [1.807, 2.05) is 31.2 Å². The molecule has 0 amide bonds. The predicted molar refractivity (Wildman–Crippen MR) is 123 cm³/mol. The summed E-state index contributed by atoms with van der Waals surface area (Å²) in [7, 11) is 1.32. The number of ether oxygens (including phenoxy) is 1. The van der Waals surface area contributed by atoms with Gasteiger partial charge in [0, 0.05) is 10.0 Å². The first-order valence-corrected chi connectivity index (χ1v) is 11.0. The van der Waals surface area contributed by atoms with Crippen molar-refractivity contribution in [2.45, 2.75) is 19.9 Å². The maximum absolute atomic E-state index is 13.4. The zero-order chi connectivity index (χ0) is 22.3. The van der Waals surface area contributed by atoms with Crippen LogP contribution in [0.5, 0.6) is 0 Å². The Morgan fingerprint density at radius 2 is 1.87 bits per heavy atom. The highest BCUT2D eigenvalue weighted by atomic mass is 35.5. The van der Waals surface area contributed by atoms with Crippen LogP contribution in [0.4, 0.5) is 0 Å². The molecule has 31 heavy (non-hydrogen) atoms. The maximum atomic E-state index is 13.4. The fourth-order valence-corrected chi connectivity index (χ4v) is 5.02. The van der Waals surface area contributed by atoms with Gasteiger partial charge in [-0.2, -0.15) is 0 Å². The molecule has 0 bridgehead atoms. The van der Waals surface area contributed by atoms with Gasteiger partial charge in [0.05, 0.1) is 29.0 Å². The smallest absolute Gasteiger partial charge is 0.338 e. The third kappa shape index (κ3) is 3.99. The van der Waals surface area contributed by atoms with Gasteiger partial charge in [-0.15, -0.1) is 0 Å². The maximum Gasteiger partial charge on any atom is 0.338 e. The highest BCUT2D eigenvalue weighted by Gasteiger charge is 2.32. The summed E-state index contributed by atoms with van der Waals surface area (Å²) in [4.78, 5) is 31.1. The van der Waals surface area contributed by atoms with E-state index in [-0.39, 0.29) is 5.56 Å². The van der Waals surface area contributed by atoms with Crippen molar-refractivity contribution >= 4 is 46.6 Å². The zero-order valence-electron chi connectivity index (χ0n) is 17.0. The van der Waals surface area contributed by atoms with E-state index in [4.69, 9.17) is 27.9 Å². The van der Waals surface area contributed by atoms with Crippen LogP contribution in [0.25, 0.3) is 6.08 Å². The number of fused-ring (bicyclic) bond motifs is 1. The first-order chi connectivity index (χ1) is 14.8. The van der Waals surface area contributed by atoms with Crippen molar-refractivity contribution in [1.29, 1.82) is 0 Å². The zero-order valence-corrected chi connectivity index (χ0v) is 19.3. The van der Waals surface area contributed by atoms with Crippen LogP contribution in [0.15, 0.2) is 63.5 Å². The number of esters is 1. The van der Waals surface area contributed by atoms with E-state index in [1.54, 1.807) is 35.8 Å². The number of benzene rings is 2. The number of thiazole rings is 1. The van der Waals surface area contributed by atoms with Crippen LogP contribution in [-0.2, 0) is 9.53 Å². The molecule has 5 nitrogen and oxygen atoms in total. The molecule has 3 aromatic rings. The fourth-order valence-electron chi connectivity index (χ4n) is 3.52. The van der Waals surface area contributed by atoms with Crippen molar-refractivity contribution < 1.29 is 9.53 Å². The Bertz CT molecular complexity index is 1400. The van der Waals surface area contributed by atoms with Crippen LogP contribution in [-0.4, -0.2) is 17.6 Å². The molecule has 2 heterocycles. The molecular formula is C23H18Cl2N2O3S. The Morgan fingerprint density at radius 1 is 1.16 bits per heavy atom. The quantitative estimate of drug-likeness (QED) is 0.540. The van der Waals surface area contributed by atoms with Gasteiger partial charge in [0.25, 0.3) is 5.56 Å². The summed E-state index contributed by atoms with van der Waals surface area (Å²) < 4.78 is 7.02. The van der Waals surface area contributed by atoms with Crippen LogP contribution < -0.4 is 14.9 Å². The molecule has 0 saturated carbocycles. The molecule has 158 valence electrons. The largest absolute Gasteiger partial charge is 0.466 e. The highest BCUT2D eigenvalue weighted by Crippen LogP contribution is 2.30. The second kappa shape index (κ2) is 8.46. The molecule has 1 atom stereocenters. The average Bonchev–Trinajstić information content (AvgIpc) is 3.04. The van der Waals surface area contributed by atoms with Crippen molar-refractivity contribution in [3.63, 3.8) is 0 Å². The van der Waals surface area contributed by atoms with Crippen molar-refractivity contribution in [2.75, 3.05) is 7.11 Å². The Balaban J connectivity index is 1.98. The molecular weight excluding hydrogens is 455 g/mol. The number of rotatable bonds is 3. The van der Waals surface area contributed by atoms with E-state index in [9.17, 15) is 9.59 Å². The van der Waals surface area contributed by atoms with E-state index < -0.39 is 12.0 Å². The standard InChI is InChI=1S/C23H18Cl2N2O3S/c1-12-4-6-14(7-5-12)20-19(22(29)30-3)13(2)26-23-27(20)21(28)18(31-23)10-15-8-9-16(24)11-17(15)25/h4-11,20H,1-3H3. The van der Waals surface area contributed by atoms with Gasteiger partial charge in [-0.3, -0.25) is 9.36 Å². The Hall–Kier alpha value is -2.67. The van der Waals surface area contributed by atoms with E-state index in [0.29, 0.717) is 36.2 Å². The summed E-state index contributed by atoms with van der Waals surface area (Å²) >= 11 is 13.5. The lowest BCUT2D eigenvalue weighted by Crippen LogP contribution is -2.39. The van der Waals surface area contributed by atoms with Gasteiger partial charge < -0.3 is 4.74 Å². The van der Waals surface area contributed by atoms with Gasteiger partial charge in [-0.25, -0.2) is 9.79 Å². The van der Waals surface area contributed by atoms with Gasteiger partial charge in [0.2, 0.25) is 0 Å². The molecule has 1 unspecified atom stereocenters. The predicted octanol–water partition coefficient (Wildman–Crippen LogP) is 4.02. The van der Waals surface area contributed by atoms with Crippen molar-refractivity contribution in [2.24, 2.45) is 4.99 Å². The van der Waals surface area contributed by atoms with Crippen LogP contribution >= 0.6 is 34.5 Å². The number of carbonyl (C=O) groups excluding carboxylic acids is 1. The third-order valence-corrected chi connectivity index (χ3v) is 6.61. The fraction of sp³-hybridized carbons (Fsp3) is 0.174.